The van der Waals surface area contributed by atoms with Crippen LogP contribution in [0.1, 0.15) is 38.1 Å². The number of aliphatic hydroxyl groups is 1. The van der Waals surface area contributed by atoms with Crippen molar-refractivity contribution >= 4 is 5.97 Å². The lowest BCUT2D eigenvalue weighted by Gasteiger charge is -2.06. The summed E-state index contributed by atoms with van der Waals surface area (Å²) in [7, 11) is 0. The molecule has 1 aromatic carbocycles. The smallest absolute Gasteiger partial charge is 0.335 e. The molecule has 1 rings (SSSR count). The summed E-state index contributed by atoms with van der Waals surface area (Å²) < 4.78 is 5.26. The highest BCUT2D eigenvalue weighted by molar-refractivity contribution is 5.87. The van der Waals surface area contributed by atoms with Gasteiger partial charge in [0.2, 0.25) is 0 Å². The normalized spacial score (nSPS) is 9.53. The molecule has 1 aromatic rings. The summed E-state index contributed by atoms with van der Waals surface area (Å²) in [5, 5.41) is 18.0. The molecule has 0 unspecified atom stereocenters. The molecule has 2 N–H and O–H groups in total. The third kappa shape index (κ3) is 7.85. The van der Waals surface area contributed by atoms with Crippen LogP contribution in [0.25, 0.3) is 0 Å². The fourth-order valence-electron chi connectivity index (χ4n) is 1.07. The fraction of sp³-hybridized carbons (Fsp3) is 0.400. The van der Waals surface area contributed by atoms with Crippen LogP contribution in [0.2, 0.25) is 0 Å². The minimum Gasteiger partial charge on any atom is -0.481 e. The molecule has 0 radical (unpaired) electrons. The number of carbonyl (C=O) groups is 1. The quantitative estimate of drug-likeness (QED) is 0.823. The highest BCUT2D eigenvalue weighted by Gasteiger charge is 2.05. The monoisotopic (exact) mass is 264 g/mol. The zero-order chi connectivity index (χ0) is 14.9. The SMILES string of the molecule is CC.CC(C)(O)C#CCOc1ccc(C(=O)O)cc1. The van der Waals surface area contributed by atoms with Crippen LogP contribution in [-0.2, 0) is 0 Å². The Labute approximate surface area is 114 Å². The Bertz CT molecular complexity index is 444. The van der Waals surface area contributed by atoms with E-state index in [0.29, 0.717) is 5.75 Å². The summed E-state index contributed by atoms with van der Waals surface area (Å²) in [4.78, 5) is 10.6. The summed E-state index contributed by atoms with van der Waals surface area (Å²) in [6, 6.07) is 6.05. The summed E-state index contributed by atoms with van der Waals surface area (Å²) in [6.45, 7) is 7.32. The molecule has 0 aliphatic heterocycles. The highest BCUT2D eigenvalue weighted by Crippen LogP contribution is 2.11. The molecule has 0 aliphatic rings. The van der Waals surface area contributed by atoms with E-state index in [-0.39, 0.29) is 12.2 Å². The number of ether oxygens (including phenoxy) is 1. The Morgan fingerprint density at radius 3 is 2.21 bits per heavy atom. The van der Waals surface area contributed by atoms with Crippen LogP contribution < -0.4 is 4.74 Å². The van der Waals surface area contributed by atoms with Gasteiger partial charge in [-0.1, -0.05) is 25.7 Å². The maximum Gasteiger partial charge on any atom is 0.335 e. The molecule has 0 heterocycles. The minimum atomic E-state index is -1.03. The summed E-state index contributed by atoms with van der Waals surface area (Å²) in [5.41, 5.74) is -0.823. The lowest BCUT2D eigenvalue weighted by molar-refractivity contribution is 0.0697. The van der Waals surface area contributed by atoms with E-state index < -0.39 is 11.6 Å². The number of hydrogen-bond acceptors (Lipinski definition) is 3. The summed E-state index contributed by atoms with van der Waals surface area (Å²) in [5.74, 6) is 4.85. The van der Waals surface area contributed by atoms with Gasteiger partial charge in [0, 0.05) is 0 Å². The molecule has 0 atom stereocenters. The van der Waals surface area contributed by atoms with Crippen molar-refractivity contribution < 1.29 is 19.7 Å². The summed E-state index contributed by atoms with van der Waals surface area (Å²) in [6.07, 6.45) is 0. The second-order valence-corrected chi connectivity index (χ2v) is 3.98. The first-order valence-corrected chi connectivity index (χ1v) is 6.07. The predicted octanol–water partition coefficient (Wildman–Crippen LogP) is 2.56. The van der Waals surface area contributed by atoms with Gasteiger partial charge in [0.15, 0.2) is 0 Å². The second-order valence-electron chi connectivity index (χ2n) is 3.98. The molecular weight excluding hydrogens is 244 g/mol. The van der Waals surface area contributed by atoms with Crippen molar-refractivity contribution in [1.82, 2.24) is 0 Å². The first-order valence-electron chi connectivity index (χ1n) is 6.07. The average molecular weight is 264 g/mol. The number of hydrogen-bond donors (Lipinski definition) is 2. The third-order valence-electron chi connectivity index (χ3n) is 1.81. The Morgan fingerprint density at radius 1 is 1.26 bits per heavy atom. The summed E-state index contributed by atoms with van der Waals surface area (Å²) >= 11 is 0. The van der Waals surface area contributed by atoms with E-state index in [1.165, 1.54) is 12.1 Å². The van der Waals surface area contributed by atoms with Crippen LogP contribution in [-0.4, -0.2) is 28.4 Å². The molecule has 0 amide bonds. The minimum absolute atomic E-state index is 0.149. The van der Waals surface area contributed by atoms with Crippen LogP contribution in [0, 0.1) is 11.8 Å². The maximum absolute atomic E-state index is 10.6. The fourth-order valence-corrected chi connectivity index (χ4v) is 1.07. The van der Waals surface area contributed by atoms with Crippen molar-refractivity contribution in [3.8, 4) is 17.6 Å². The molecular formula is C15H20O4. The molecule has 0 aromatic heterocycles. The van der Waals surface area contributed by atoms with Gasteiger partial charge in [0.1, 0.15) is 18.0 Å². The molecule has 0 saturated heterocycles. The average Bonchev–Trinajstić information content (AvgIpc) is 2.36. The van der Waals surface area contributed by atoms with Gasteiger partial charge in [-0.25, -0.2) is 4.79 Å². The first-order chi connectivity index (χ1) is 8.88. The van der Waals surface area contributed by atoms with Crippen molar-refractivity contribution in [3.05, 3.63) is 29.8 Å². The number of rotatable bonds is 3. The van der Waals surface area contributed by atoms with Gasteiger partial charge in [-0.15, -0.1) is 0 Å². The Kier molecular flexibility index (Phi) is 7.32. The van der Waals surface area contributed by atoms with E-state index >= 15 is 0 Å². The van der Waals surface area contributed by atoms with Gasteiger partial charge in [-0.2, -0.15) is 0 Å². The first kappa shape index (κ1) is 17.0. The lowest BCUT2D eigenvalue weighted by atomic mass is 10.1. The van der Waals surface area contributed by atoms with E-state index in [4.69, 9.17) is 9.84 Å². The molecule has 104 valence electrons. The molecule has 0 saturated carbocycles. The second kappa shape index (κ2) is 8.17. The van der Waals surface area contributed by atoms with Gasteiger partial charge < -0.3 is 14.9 Å². The van der Waals surface area contributed by atoms with Gasteiger partial charge in [0.25, 0.3) is 0 Å². The molecule has 19 heavy (non-hydrogen) atoms. The van der Waals surface area contributed by atoms with Gasteiger partial charge in [-0.05, 0) is 38.1 Å². The van der Waals surface area contributed by atoms with Crippen molar-refractivity contribution in [3.63, 3.8) is 0 Å². The van der Waals surface area contributed by atoms with Crippen LogP contribution >= 0.6 is 0 Å². The molecule has 0 bridgehead atoms. The van der Waals surface area contributed by atoms with Crippen molar-refractivity contribution in [2.24, 2.45) is 0 Å². The van der Waals surface area contributed by atoms with Crippen LogP contribution in [0.5, 0.6) is 5.75 Å². The Hall–Kier alpha value is -1.99. The third-order valence-corrected chi connectivity index (χ3v) is 1.81. The highest BCUT2D eigenvalue weighted by atomic mass is 16.5. The van der Waals surface area contributed by atoms with Crippen molar-refractivity contribution in [2.75, 3.05) is 6.61 Å². The van der Waals surface area contributed by atoms with Crippen LogP contribution in [0.15, 0.2) is 24.3 Å². The zero-order valence-corrected chi connectivity index (χ0v) is 11.7. The van der Waals surface area contributed by atoms with Crippen LogP contribution in [0.3, 0.4) is 0 Å². The number of carboxylic acid groups (broad SMARTS) is 1. The topological polar surface area (TPSA) is 66.8 Å². The maximum atomic E-state index is 10.6. The van der Waals surface area contributed by atoms with E-state index in [2.05, 4.69) is 11.8 Å². The molecule has 4 nitrogen and oxygen atoms in total. The lowest BCUT2D eigenvalue weighted by Crippen LogP contribution is -2.15. The Balaban J connectivity index is 0.00000154. The predicted molar refractivity (Wildman–Crippen MR) is 74.3 cm³/mol. The van der Waals surface area contributed by atoms with E-state index in [9.17, 15) is 9.90 Å². The van der Waals surface area contributed by atoms with Crippen molar-refractivity contribution in [1.29, 1.82) is 0 Å². The molecule has 0 fully saturated rings. The van der Waals surface area contributed by atoms with Crippen LogP contribution in [0.4, 0.5) is 0 Å². The molecule has 4 heteroatoms. The van der Waals surface area contributed by atoms with Gasteiger partial charge in [-0.3, -0.25) is 0 Å². The van der Waals surface area contributed by atoms with E-state index in [1.807, 2.05) is 13.8 Å². The number of carboxylic acids is 1. The zero-order valence-electron chi connectivity index (χ0n) is 11.7. The van der Waals surface area contributed by atoms with Gasteiger partial charge >= 0.3 is 5.97 Å². The number of aromatic carboxylic acids is 1. The van der Waals surface area contributed by atoms with Crippen molar-refractivity contribution in [2.45, 2.75) is 33.3 Å². The van der Waals surface area contributed by atoms with E-state index in [1.54, 1.807) is 26.0 Å². The molecule has 0 spiro atoms. The largest absolute Gasteiger partial charge is 0.481 e. The standard InChI is InChI=1S/C13H14O4.C2H6/c1-13(2,16)8-3-9-17-11-6-4-10(5-7-11)12(14)15;1-2/h4-7,16H,9H2,1-2H3,(H,14,15);1-2H3. The Morgan fingerprint density at radius 2 is 1.79 bits per heavy atom. The molecule has 0 aliphatic carbocycles. The number of benzene rings is 1. The van der Waals surface area contributed by atoms with Gasteiger partial charge in [0.05, 0.1) is 5.56 Å². The van der Waals surface area contributed by atoms with E-state index in [0.717, 1.165) is 0 Å².